The van der Waals surface area contributed by atoms with Gasteiger partial charge in [-0.15, -0.1) is 0 Å². The molecule has 196 valence electrons. The van der Waals surface area contributed by atoms with Crippen LogP contribution >= 0.6 is 0 Å². The number of aryl methyl sites for hydroxylation is 2. The number of hydrogen-bond donors (Lipinski definition) is 0. The van der Waals surface area contributed by atoms with E-state index in [9.17, 15) is 26.4 Å². The predicted octanol–water partition coefficient (Wildman–Crippen LogP) is 4.87. The molecule has 37 heavy (non-hydrogen) atoms. The minimum Gasteiger partial charge on any atom is -0.368 e. The van der Waals surface area contributed by atoms with E-state index in [1.165, 1.54) is 18.2 Å². The number of piperazine rings is 1. The second-order valence-electron chi connectivity index (χ2n) is 9.08. The van der Waals surface area contributed by atoms with Gasteiger partial charge in [0.1, 0.15) is 6.54 Å². The molecule has 3 aromatic carbocycles. The fourth-order valence-electron chi connectivity index (χ4n) is 4.25. The molecule has 1 aliphatic rings. The van der Waals surface area contributed by atoms with Crippen molar-refractivity contribution >= 4 is 27.3 Å². The molecule has 0 radical (unpaired) electrons. The van der Waals surface area contributed by atoms with Crippen molar-refractivity contribution in [2.24, 2.45) is 0 Å². The molecule has 10 heteroatoms. The molecule has 0 aliphatic carbocycles. The summed E-state index contributed by atoms with van der Waals surface area (Å²) in [4.78, 5) is 16.7. The maximum atomic E-state index is 13.6. The Morgan fingerprint density at radius 1 is 0.865 bits per heavy atom. The number of sulfonamides is 1. The lowest BCUT2D eigenvalue weighted by Crippen LogP contribution is -2.52. The first-order chi connectivity index (χ1) is 17.4. The van der Waals surface area contributed by atoms with Gasteiger partial charge in [0.15, 0.2) is 0 Å². The zero-order valence-corrected chi connectivity index (χ0v) is 21.4. The summed E-state index contributed by atoms with van der Waals surface area (Å²) in [5.74, 6) is -0.374. The fourth-order valence-corrected chi connectivity index (χ4v) is 5.66. The van der Waals surface area contributed by atoms with Crippen molar-refractivity contribution in [3.05, 3.63) is 89.5 Å². The van der Waals surface area contributed by atoms with Crippen molar-refractivity contribution < 1.29 is 26.4 Å². The molecule has 0 N–H and O–H groups in total. The van der Waals surface area contributed by atoms with E-state index in [1.807, 2.05) is 19.9 Å². The number of carbonyl (C=O) groups is 1. The summed E-state index contributed by atoms with van der Waals surface area (Å²) in [6, 6.07) is 18.5. The van der Waals surface area contributed by atoms with Crippen molar-refractivity contribution in [1.29, 1.82) is 0 Å². The van der Waals surface area contributed by atoms with Gasteiger partial charge in [0.05, 0.1) is 16.1 Å². The second kappa shape index (κ2) is 10.5. The molecule has 0 atom stereocenters. The van der Waals surface area contributed by atoms with Crippen LogP contribution in [0.1, 0.15) is 16.7 Å². The highest BCUT2D eigenvalue weighted by Gasteiger charge is 2.32. The zero-order chi connectivity index (χ0) is 26.8. The first kappa shape index (κ1) is 26.5. The predicted molar refractivity (Wildman–Crippen MR) is 137 cm³/mol. The average molecular weight is 532 g/mol. The van der Waals surface area contributed by atoms with Crippen molar-refractivity contribution in [3.8, 4) is 0 Å². The Morgan fingerprint density at radius 3 is 2.14 bits per heavy atom. The summed E-state index contributed by atoms with van der Waals surface area (Å²) in [5.41, 5.74) is 1.86. The van der Waals surface area contributed by atoms with E-state index in [2.05, 4.69) is 0 Å². The highest BCUT2D eigenvalue weighted by Crippen LogP contribution is 2.32. The van der Waals surface area contributed by atoms with Crippen LogP contribution in [0, 0.1) is 13.8 Å². The third kappa shape index (κ3) is 6.07. The van der Waals surface area contributed by atoms with Gasteiger partial charge in [-0.05, 0) is 61.9 Å². The summed E-state index contributed by atoms with van der Waals surface area (Å²) < 4.78 is 67.6. The maximum Gasteiger partial charge on any atom is 0.416 e. The highest BCUT2D eigenvalue weighted by molar-refractivity contribution is 7.92. The topological polar surface area (TPSA) is 60.9 Å². The average Bonchev–Trinajstić information content (AvgIpc) is 2.87. The van der Waals surface area contributed by atoms with Crippen LogP contribution in [0.15, 0.2) is 77.7 Å². The van der Waals surface area contributed by atoms with Crippen molar-refractivity contribution in [2.45, 2.75) is 24.9 Å². The Morgan fingerprint density at radius 2 is 1.51 bits per heavy atom. The molecule has 0 unspecified atom stereocenters. The van der Waals surface area contributed by atoms with E-state index in [0.29, 0.717) is 24.5 Å². The van der Waals surface area contributed by atoms with E-state index in [4.69, 9.17) is 0 Å². The fraction of sp³-hybridized carbons (Fsp3) is 0.296. The summed E-state index contributed by atoms with van der Waals surface area (Å²) in [6.45, 7) is 4.52. The molecule has 1 heterocycles. The Bertz CT molecular complexity index is 1370. The smallest absolute Gasteiger partial charge is 0.368 e. The van der Waals surface area contributed by atoms with Gasteiger partial charge in [-0.3, -0.25) is 9.10 Å². The molecular weight excluding hydrogens is 503 g/mol. The van der Waals surface area contributed by atoms with E-state index >= 15 is 0 Å². The summed E-state index contributed by atoms with van der Waals surface area (Å²) in [5, 5.41) is 0. The lowest BCUT2D eigenvalue weighted by atomic mass is 10.1. The molecular formula is C27H28F3N3O3S. The minimum atomic E-state index is -4.43. The molecule has 0 bridgehead atoms. The quantitative estimate of drug-likeness (QED) is 0.456. The van der Waals surface area contributed by atoms with Crippen LogP contribution in [-0.2, 0) is 21.0 Å². The Labute approximate surface area is 215 Å². The number of alkyl halides is 3. The second-order valence-corrected chi connectivity index (χ2v) is 10.9. The van der Waals surface area contributed by atoms with E-state index < -0.39 is 21.8 Å². The lowest BCUT2D eigenvalue weighted by molar-refractivity contribution is -0.137. The number of hydrogen-bond acceptors (Lipinski definition) is 4. The molecule has 3 aromatic rings. The molecule has 4 rings (SSSR count). The van der Waals surface area contributed by atoms with Gasteiger partial charge in [-0.1, -0.05) is 35.9 Å². The van der Waals surface area contributed by atoms with Crippen LogP contribution in [0.4, 0.5) is 24.5 Å². The molecule has 0 saturated carbocycles. The standard InChI is InChI=1S/C27H28F3N3O3S/c1-20-9-11-25(12-10-20)37(35,36)33(24-8-3-5-21(2)17-24)19-26(34)32-15-13-31(14-16-32)23-7-4-6-22(18-23)27(28,29)30/h3-12,17-18H,13-16,19H2,1-2H3. The number of halogens is 3. The Hall–Kier alpha value is -3.53. The van der Waals surface area contributed by atoms with Gasteiger partial charge in [0, 0.05) is 31.9 Å². The number of nitrogens with zero attached hydrogens (tertiary/aromatic N) is 3. The van der Waals surface area contributed by atoms with Crippen LogP contribution in [-0.4, -0.2) is 51.9 Å². The van der Waals surface area contributed by atoms with Gasteiger partial charge < -0.3 is 9.80 Å². The van der Waals surface area contributed by atoms with Crippen molar-refractivity contribution in [2.75, 3.05) is 41.9 Å². The zero-order valence-electron chi connectivity index (χ0n) is 20.6. The van der Waals surface area contributed by atoms with Crippen LogP contribution in [0.25, 0.3) is 0 Å². The third-order valence-electron chi connectivity index (χ3n) is 6.35. The molecule has 0 aromatic heterocycles. The number of rotatable bonds is 6. The molecule has 1 saturated heterocycles. The number of anilines is 2. The van der Waals surface area contributed by atoms with Gasteiger partial charge in [0.2, 0.25) is 5.91 Å². The minimum absolute atomic E-state index is 0.0850. The van der Waals surface area contributed by atoms with Gasteiger partial charge in [0.25, 0.3) is 10.0 Å². The molecule has 6 nitrogen and oxygen atoms in total. The Balaban J connectivity index is 1.51. The summed E-state index contributed by atoms with van der Waals surface area (Å²) in [6.07, 6.45) is -4.43. The molecule has 1 amide bonds. The van der Waals surface area contributed by atoms with Gasteiger partial charge >= 0.3 is 6.18 Å². The van der Waals surface area contributed by atoms with Crippen molar-refractivity contribution in [3.63, 3.8) is 0 Å². The molecule has 1 fully saturated rings. The van der Waals surface area contributed by atoms with Crippen LogP contribution in [0.2, 0.25) is 0 Å². The monoisotopic (exact) mass is 531 g/mol. The molecule has 0 spiro atoms. The first-order valence-corrected chi connectivity index (χ1v) is 13.3. The van der Waals surface area contributed by atoms with E-state index in [1.54, 1.807) is 46.2 Å². The summed E-state index contributed by atoms with van der Waals surface area (Å²) in [7, 11) is -4.03. The van der Waals surface area contributed by atoms with E-state index in [-0.39, 0.29) is 30.4 Å². The largest absolute Gasteiger partial charge is 0.416 e. The van der Waals surface area contributed by atoms with Crippen LogP contribution in [0.3, 0.4) is 0 Å². The van der Waals surface area contributed by atoms with Crippen molar-refractivity contribution in [1.82, 2.24) is 4.90 Å². The van der Waals surface area contributed by atoms with Crippen LogP contribution in [0.5, 0.6) is 0 Å². The number of carbonyl (C=O) groups excluding carboxylic acids is 1. The molecule has 1 aliphatic heterocycles. The van der Waals surface area contributed by atoms with Gasteiger partial charge in [-0.25, -0.2) is 8.42 Å². The van der Waals surface area contributed by atoms with Gasteiger partial charge in [-0.2, -0.15) is 13.2 Å². The highest BCUT2D eigenvalue weighted by atomic mass is 32.2. The normalized spacial score (nSPS) is 14.5. The maximum absolute atomic E-state index is 13.6. The lowest BCUT2D eigenvalue weighted by Gasteiger charge is -2.37. The SMILES string of the molecule is Cc1ccc(S(=O)(=O)N(CC(=O)N2CCN(c3cccc(C(F)(F)F)c3)CC2)c2cccc(C)c2)cc1. The number of amides is 1. The third-order valence-corrected chi connectivity index (χ3v) is 8.14. The van der Waals surface area contributed by atoms with E-state index in [0.717, 1.165) is 27.6 Å². The Kier molecular flexibility index (Phi) is 7.49. The van der Waals surface area contributed by atoms with Crippen LogP contribution < -0.4 is 9.21 Å². The first-order valence-electron chi connectivity index (χ1n) is 11.8. The number of benzene rings is 3. The summed E-state index contributed by atoms with van der Waals surface area (Å²) >= 11 is 0.